The van der Waals surface area contributed by atoms with Gasteiger partial charge in [0.2, 0.25) is 5.91 Å². The van der Waals surface area contributed by atoms with E-state index in [4.69, 9.17) is 0 Å². The molecule has 1 rings (SSSR count). The van der Waals surface area contributed by atoms with Gasteiger partial charge in [0.1, 0.15) is 5.82 Å². The summed E-state index contributed by atoms with van der Waals surface area (Å²) >= 11 is 0. The number of aryl methyl sites for hydroxylation is 1. The van der Waals surface area contributed by atoms with Crippen LogP contribution in [0, 0.1) is 12.7 Å². The van der Waals surface area contributed by atoms with Crippen molar-refractivity contribution in [1.29, 1.82) is 0 Å². The Morgan fingerprint density at radius 1 is 1.41 bits per heavy atom. The lowest BCUT2D eigenvalue weighted by Gasteiger charge is -2.10. The number of hydrogen-bond acceptors (Lipinski definition) is 2. The van der Waals surface area contributed by atoms with E-state index in [1.54, 1.807) is 19.1 Å². The second kappa shape index (κ2) is 6.23. The molecule has 0 bridgehead atoms. The molecule has 2 N–H and O–H groups in total. The molecule has 1 aromatic rings. The highest BCUT2D eigenvalue weighted by Gasteiger charge is 2.03. The molecular formula is C13H19FN2O. The van der Waals surface area contributed by atoms with Crippen LogP contribution in [0.3, 0.4) is 0 Å². The molecule has 0 radical (unpaired) electrons. The smallest absolute Gasteiger partial charge is 0.221 e. The predicted molar refractivity (Wildman–Crippen MR) is 67.5 cm³/mol. The highest BCUT2D eigenvalue weighted by molar-refractivity contribution is 5.76. The van der Waals surface area contributed by atoms with Gasteiger partial charge in [-0.15, -0.1) is 0 Å². The number of anilines is 1. The van der Waals surface area contributed by atoms with Crippen molar-refractivity contribution in [3.63, 3.8) is 0 Å². The summed E-state index contributed by atoms with van der Waals surface area (Å²) in [6, 6.07) is 5.11. The summed E-state index contributed by atoms with van der Waals surface area (Å²) in [5.74, 6) is -0.235. The third-order valence-electron chi connectivity index (χ3n) is 2.30. The van der Waals surface area contributed by atoms with Gasteiger partial charge < -0.3 is 10.6 Å². The third kappa shape index (κ3) is 4.85. The van der Waals surface area contributed by atoms with Crippen LogP contribution < -0.4 is 10.6 Å². The van der Waals surface area contributed by atoms with E-state index in [-0.39, 0.29) is 17.8 Å². The topological polar surface area (TPSA) is 41.1 Å². The van der Waals surface area contributed by atoms with E-state index in [2.05, 4.69) is 10.6 Å². The quantitative estimate of drug-likeness (QED) is 0.827. The Balaban J connectivity index is 2.36. The summed E-state index contributed by atoms with van der Waals surface area (Å²) in [5.41, 5.74) is 1.32. The van der Waals surface area contributed by atoms with Crippen molar-refractivity contribution in [3.05, 3.63) is 29.6 Å². The maximum absolute atomic E-state index is 13.2. The number of nitrogens with one attached hydrogen (secondary N) is 2. The third-order valence-corrected chi connectivity index (χ3v) is 2.30. The molecule has 0 atom stereocenters. The molecule has 3 nitrogen and oxygen atoms in total. The molecule has 94 valence electrons. The second-order valence-corrected chi connectivity index (χ2v) is 4.36. The minimum absolute atomic E-state index is 0.0000774. The fraction of sp³-hybridized carbons (Fsp3) is 0.462. The standard InChI is InChI=1S/C13H19FN2O/c1-9(2)16-13(17)6-7-15-11-5-4-10(3)12(14)8-11/h4-5,8-9,15H,6-7H2,1-3H3,(H,16,17). The molecule has 1 aromatic carbocycles. The van der Waals surface area contributed by atoms with Gasteiger partial charge in [0.25, 0.3) is 0 Å². The maximum atomic E-state index is 13.2. The van der Waals surface area contributed by atoms with Crippen LogP contribution in [-0.2, 0) is 4.79 Å². The number of benzene rings is 1. The van der Waals surface area contributed by atoms with Crippen LogP contribution >= 0.6 is 0 Å². The minimum Gasteiger partial charge on any atom is -0.384 e. The molecule has 1 amide bonds. The van der Waals surface area contributed by atoms with Crippen LogP contribution in [0.2, 0.25) is 0 Å². The molecule has 0 heterocycles. The van der Waals surface area contributed by atoms with Gasteiger partial charge in [-0.25, -0.2) is 4.39 Å². The summed E-state index contributed by atoms with van der Waals surface area (Å²) in [5, 5.41) is 5.81. The van der Waals surface area contributed by atoms with E-state index in [0.717, 1.165) is 0 Å². The molecule has 0 unspecified atom stereocenters. The highest BCUT2D eigenvalue weighted by Crippen LogP contribution is 2.13. The largest absolute Gasteiger partial charge is 0.384 e. The number of halogens is 1. The first-order valence-electron chi connectivity index (χ1n) is 5.78. The maximum Gasteiger partial charge on any atom is 0.221 e. The van der Waals surface area contributed by atoms with E-state index >= 15 is 0 Å². The molecule has 0 saturated heterocycles. The van der Waals surface area contributed by atoms with Gasteiger partial charge in [-0.2, -0.15) is 0 Å². The molecule has 17 heavy (non-hydrogen) atoms. The Hall–Kier alpha value is -1.58. The van der Waals surface area contributed by atoms with E-state index in [9.17, 15) is 9.18 Å². The fourth-order valence-electron chi connectivity index (χ4n) is 1.42. The van der Waals surface area contributed by atoms with Gasteiger partial charge in [0, 0.05) is 24.7 Å². The number of rotatable bonds is 5. The van der Waals surface area contributed by atoms with Crippen molar-refractivity contribution in [2.24, 2.45) is 0 Å². The van der Waals surface area contributed by atoms with E-state index in [0.29, 0.717) is 24.2 Å². The average Bonchev–Trinajstić information content (AvgIpc) is 2.22. The molecule has 4 heteroatoms. The van der Waals surface area contributed by atoms with E-state index in [1.807, 2.05) is 13.8 Å². The van der Waals surface area contributed by atoms with E-state index < -0.39 is 0 Å². The van der Waals surface area contributed by atoms with Gasteiger partial charge in [0.15, 0.2) is 0 Å². The first kappa shape index (κ1) is 13.5. The Morgan fingerprint density at radius 2 is 2.12 bits per heavy atom. The van der Waals surface area contributed by atoms with Gasteiger partial charge >= 0.3 is 0 Å². The van der Waals surface area contributed by atoms with Crippen molar-refractivity contribution in [3.8, 4) is 0 Å². The van der Waals surface area contributed by atoms with Gasteiger partial charge in [-0.1, -0.05) is 6.07 Å². The van der Waals surface area contributed by atoms with Crippen LogP contribution in [0.15, 0.2) is 18.2 Å². The lowest BCUT2D eigenvalue weighted by Crippen LogP contribution is -2.31. The number of amides is 1. The molecule has 0 saturated carbocycles. The number of carbonyl (C=O) groups is 1. The van der Waals surface area contributed by atoms with Crippen LogP contribution in [0.4, 0.5) is 10.1 Å². The zero-order valence-corrected chi connectivity index (χ0v) is 10.5. The Kier molecular flexibility index (Phi) is 4.94. The Bertz CT molecular complexity index is 391. The van der Waals surface area contributed by atoms with Crippen molar-refractivity contribution in [1.82, 2.24) is 5.32 Å². The van der Waals surface area contributed by atoms with Crippen molar-refractivity contribution >= 4 is 11.6 Å². The highest BCUT2D eigenvalue weighted by atomic mass is 19.1. The normalized spacial score (nSPS) is 10.4. The van der Waals surface area contributed by atoms with Gasteiger partial charge in [-0.05, 0) is 38.5 Å². The van der Waals surface area contributed by atoms with Crippen LogP contribution in [-0.4, -0.2) is 18.5 Å². The van der Waals surface area contributed by atoms with Gasteiger partial charge in [0.05, 0.1) is 0 Å². The first-order valence-corrected chi connectivity index (χ1v) is 5.78. The predicted octanol–water partition coefficient (Wildman–Crippen LogP) is 2.46. The average molecular weight is 238 g/mol. The zero-order valence-electron chi connectivity index (χ0n) is 10.5. The molecule has 0 aliphatic heterocycles. The number of carbonyl (C=O) groups excluding carboxylic acids is 1. The molecule has 0 aliphatic rings. The zero-order chi connectivity index (χ0) is 12.8. The van der Waals surface area contributed by atoms with Crippen LogP contribution in [0.5, 0.6) is 0 Å². The Morgan fingerprint density at radius 3 is 2.71 bits per heavy atom. The minimum atomic E-state index is -0.235. The summed E-state index contributed by atoms with van der Waals surface area (Å²) in [6.07, 6.45) is 0.383. The monoisotopic (exact) mass is 238 g/mol. The van der Waals surface area contributed by atoms with Crippen molar-refractivity contribution in [2.45, 2.75) is 33.2 Å². The molecule has 0 spiro atoms. The second-order valence-electron chi connectivity index (χ2n) is 4.36. The van der Waals surface area contributed by atoms with Crippen LogP contribution in [0.25, 0.3) is 0 Å². The SMILES string of the molecule is Cc1ccc(NCCC(=O)NC(C)C)cc1F. The summed E-state index contributed by atoms with van der Waals surface area (Å²) in [6.45, 7) is 6.05. The van der Waals surface area contributed by atoms with E-state index in [1.165, 1.54) is 6.07 Å². The van der Waals surface area contributed by atoms with Crippen LogP contribution in [0.1, 0.15) is 25.8 Å². The lowest BCUT2D eigenvalue weighted by molar-refractivity contribution is -0.121. The van der Waals surface area contributed by atoms with Crippen molar-refractivity contribution in [2.75, 3.05) is 11.9 Å². The summed E-state index contributed by atoms with van der Waals surface area (Å²) in [4.78, 5) is 11.3. The molecule has 0 aliphatic carbocycles. The Labute approximate surface area is 101 Å². The lowest BCUT2D eigenvalue weighted by atomic mass is 10.2. The van der Waals surface area contributed by atoms with Crippen molar-refractivity contribution < 1.29 is 9.18 Å². The summed E-state index contributed by atoms with van der Waals surface area (Å²) in [7, 11) is 0. The van der Waals surface area contributed by atoms with Gasteiger partial charge in [-0.3, -0.25) is 4.79 Å². The first-order chi connectivity index (χ1) is 7.99. The number of hydrogen-bond donors (Lipinski definition) is 2. The fourth-order valence-corrected chi connectivity index (χ4v) is 1.42. The molecule has 0 fully saturated rings. The summed E-state index contributed by atoms with van der Waals surface area (Å²) < 4.78 is 13.2. The molecule has 0 aromatic heterocycles. The molecular weight excluding hydrogens is 219 g/mol.